The second-order valence-corrected chi connectivity index (χ2v) is 7.56. The number of anilines is 1. The zero-order valence-electron chi connectivity index (χ0n) is 17.1. The normalized spacial score (nSPS) is 11.2. The fraction of sp³-hybridized carbons (Fsp3) is 0.227. The van der Waals surface area contributed by atoms with Crippen molar-refractivity contribution in [1.29, 1.82) is 0 Å². The van der Waals surface area contributed by atoms with Crippen molar-refractivity contribution in [3.05, 3.63) is 82.2 Å². The van der Waals surface area contributed by atoms with Gasteiger partial charge in [-0.25, -0.2) is 14.1 Å². The van der Waals surface area contributed by atoms with Crippen LogP contribution in [0.4, 0.5) is 10.1 Å². The van der Waals surface area contributed by atoms with Crippen LogP contribution in [0.3, 0.4) is 0 Å². The molecule has 0 bridgehead atoms. The number of hydrogen-bond acceptors (Lipinski definition) is 5. The number of benzene rings is 2. The maximum Gasteiger partial charge on any atom is 0.283 e. The van der Waals surface area contributed by atoms with Gasteiger partial charge in [0.25, 0.3) is 5.56 Å². The molecular formula is C22H21FN6O2. The molecule has 4 rings (SSSR count). The summed E-state index contributed by atoms with van der Waals surface area (Å²) in [6.45, 7) is 4.16. The Morgan fingerprint density at radius 1 is 1.16 bits per heavy atom. The second kappa shape index (κ2) is 8.47. The first-order valence-corrected chi connectivity index (χ1v) is 9.83. The summed E-state index contributed by atoms with van der Waals surface area (Å²) in [7, 11) is 0. The van der Waals surface area contributed by atoms with Crippen LogP contribution in [0.1, 0.15) is 30.9 Å². The zero-order chi connectivity index (χ0) is 22.0. The number of aromatic nitrogens is 5. The largest absolute Gasteiger partial charge is 0.325 e. The van der Waals surface area contributed by atoms with Gasteiger partial charge >= 0.3 is 0 Å². The molecule has 8 nitrogen and oxygen atoms in total. The van der Waals surface area contributed by atoms with Crippen molar-refractivity contribution in [1.82, 2.24) is 24.5 Å². The summed E-state index contributed by atoms with van der Waals surface area (Å²) in [5, 5.41) is 10.7. The molecule has 0 aliphatic heterocycles. The van der Waals surface area contributed by atoms with Gasteiger partial charge in [-0.05, 0) is 41.3 Å². The molecule has 0 aliphatic rings. The van der Waals surface area contributed by atoms with Crippen LogP contribution in [0.25, 0.3) is 11.2 Å². The molecule has 31 heavy (non-hydrogen) atoms. The minimum atomic E-state index is -0.471. The lowest BCUT2D eigenvalue weighted by molar-refractivity contribution is -0.116. The Bertz CT molecular complexity index is 1310. The van der Waals surface area contributed by atoms with Crippen molar-refractivity contribution in [3.63, 3.8) is 0 Å². The van der Waals surface area contributed by atoms with E-state index < -0.39 is 5.56 Å². The van der Waals surface area contributed by atoms with Crippen molar-refractivity contribution in [2.24, 2.45) is 0 Å². The lowest BCUT2D eigenvalue weighted by Crippen LogP contribution is -2.28. The topological polar surface area (TPSA) is 94.7 Å². The third kappa shape index (κ3) is 4.50. The van der Waals surface area contributed by atoms with Crippen molar-refractivity contribution in [3.8, 4) is 0 Å². The molecule has 158 valence electrons. The van der Waals surface area contributed by atoms with E-state index in [1.165, 1.54) is 27.7 Å². The SMILES string of the molecule is CC(C)c1cccc(NC(=O)Cn2cnc3c(nnn3Cc3cccc(F)c3)c2=O)c1. The van der Waals surface area contributed by atoms with Gasteiger partial charge in [-0.15, -0.1) is 5.10 Å². The third-order valence-corrected chi connectivity index (χ3v) is 4.86. The average molecular weight is 420 g/mol. The molecule has 0 aliphatic carbocycles. The molecule has 2 aromatic carbocycles. The number of halogens is 1. The predicted octanol–water partition coefficient (Wildman–Crippen LogP) is 2.94. The monoisotopic (exact) mass is 420 g/mol. The number of amides is 1. The van der Waals surface area contributed by atoms with Crippen LogP contribution >= 0.6 is 0 Å². The number of rotatable bonds is 6. The first-order valence-electron chi connectivity index (χ1n) is 9.83. The fourth-order valence-corrected chi connectivity index (χ4v) is 3.25. The van der Waals surface area contributed by atoms with Crippen LogP contribution < -0.4 is 10.9 Å². The molecule has 0 fully saturated rings. The molecule has 4 aromatic rings. The van der Waals surface area contributed by atoms with Gasteiger partial charge < -0.3 is 5.32 Å². The summed E-state index contributed by atoms with van der Waals surface area (Å²) >= 11 is 0. The highest BCUT2D eigenvalue weighted by Gasteiger charge is 2.14. The predicted molar refractivity (Wildman–Crippen MR) is 114 cm³/mol. The molecule has 1 N–H and O–H groups in total. The van der Waals surface area contributed by atoms with E-state index in [1.807, 2.05) is 18.2 Å². The summed E-state index contributed by atoms with van der Waals surface area (Å²) in [5.74, 6) is -0.375. The van der Waals surface area contributed by atoms with Crippen molar-refractivity contribution in [2.45, 2.75) is 32.9 Å². The van der Waals surface area contributed by atoms with Crippen LogP contribution in [0.2, 0.25) is 0 Å². The van der Waals surface area contributed by atoms with E-state index >= 15 is 0 Å². The maximum atomic E-state index is 13.4. The molecule has 0 spiro atoms. The number of nitrogens with zero attached hydrogens (tertiary/aromatic N) is 5. The first kappa shape index (κ1) is 20.4. The van der Waals surface area contributed by atoms with Crippen LogP contribution in [0, 0.1) is 5.82 Å². The van der Waals surface area contributed by atoms with Crippen molar-refractivity contribution < 1.29 is 9.18 Å². The van der Waals surface area contributed by atoms with Crippen molar-refractivity contribution >= 4 is 22.8 Å². The molecule has 2 aromatic heterocycles. The van der Waals surface area contributed by atoms with Gasteiger partial charge in [0.15, 0.2) is 11.2 Å². The summed E-state index contributed by atoms with van der Waals surface area (Å²) < 4.78 is 16.0. The highest BCUT2D eigenvalue weighted by Crippen LogP contribution is 2.18. The average Bonchev–Trinajstić information content (AvgIpc) is 3.13. The number of carbonyl (C=O) groups excluding carboxylic acids is 1. The first-order chi connectivity index (χ1) is 14.9. The van der Waals surface area contributed by atoms with Crippen molar-refractivity contribution in [2.75, 3.05) is 5.32 Å². The third-order valence-electron chi connectivity index (χ3n) is 4.86. The van der Waals surface area contributed by atoms with Gasteiger partial charge in [-0.2, -0.15) is 0 Å². The summed E-state index contributed by atoms with van der Waals surface area (Å²) in [4.78, 5) is 29.4. The van der Waals surface area contributed by atoms with Crippen LogP contribution in [-0.2, 0) is 17.9 Å². The molecule has 0 radical (unpaired) electrons. The summed E-state index contributed by atoms with van der Waals surface area (Å²) in [6.07, 6.45) is 1.29. The second-order valence-electron chi connectivity index (χ2n) is 7.56. The summed E-state index contributed by atoms with van der Waals surface area (Å²) in [5.41, 5.74) is 2.29. The van der Waals surface area contributed by atoms with Gasteiger partial charge in [0.2, 0.25) is 5.91 Å². The van der Waals surface area contributed by atoms with Gasteiger partial charge in [0.05, 0.1) is 6.54 Å². The van der Waals surface area contributed by atoms with Gasteiger partial charge in [0, 0.05) is 5.69 Å². The maximum absolute atomic E-state index is 13.4. The number of hydrogen-bond donors (Lipinski definition) is 1. The number of carbonyl (C=O) groups is 1. The van der Waals surface area contributed by atoms with Gasteiger partial charge in [-0.3, -0.25) is 14.2 Å². The molecule has 0 saturated heterocycles. The van der Waals surface area contributed by atoms with E-state index in [1.54, 1.807) is 18.2 Å². The number of nitrogens with one attached hydrogen (secondary N) is 1. The van der Waals surface area contributed by atoms with E-state index in [0.717, 1.165) is 5.56 Å². The van der Waals surface area contributed by atoms with Crippen LogP contribution in [0.5, 0.6) is 0 Å². The standard InChI is InChI=1S/C22H21FN6O2/c1-14(2)16-6-4-8-18(10-16)25-19(30)12-28-13-24-21-20(22(28)31)26-27-29(21)11-15-5-3-7-17(23)9-15/h3-10,13-14H,11-12H2,1-2H3,(H,25,30). The molecular weight excluding hydrogens is 399 g/mol. The van der Waals surface area contributed by atoms with Gasteiger partial charge in [-0.1, -0.05) is 43.3 Å². The van der Waals surface area contributed by atoms with E-state index in [9.17, 15) is 14.0 Å². The molecule has 0 atom stereocenters. The molecule has 2 heterocycles. The highest BCUT2D eigenvalue weighted by molar-refractivity contribution is 5.90. The Kier molecular flexibility index (Phi) is 5.57. The Balaban J connectivity index is 1.52. The zero-order valence-corrected chi connectivity index (χ0v) is 17.1. The van der Waals surface area contributed by atoms with Crippen LogP contribution in [-0.4, -0.2) is 30.5 Å². The number of fused-ring (bicyclic) bond motifs is 1. The Morgan fingerprint density at radius 2 is 1.97 bits per heavy atom. The fourth-order valence-electron chi connectivity index (χ4n) is 3.25. The molecule has 0 saturated carbocycles. The van der Waals surface area contributed by atoms with Crippen LogP contribution in [0.15, 0.2) is 59.7 Å². The lowest BCUT2D eigenvalue weighted by atomic mass is 10.0. The highest BCUT2D eigenvalue weighted by atomic mass is 19.1. The van der Waals surface area contributed by atoms with E-state index in [0.29, 0.717) is 17.2 Å². The summed E-state index contributed by atoms with van der Waals surface area (Å²) in [6, 6.07) is 13.7. The quantitative estimate of drug-likeness (QED) is 0.518. The minimum absolute atomic E-state index is 0.0495. The molecule has 0 unspecified atom stereocenters. The Morgan fingerprint density at radius 3 is 2.74 bits per heavy atom. The van der Waals surface area contributed by atoms with E-state index in [2.05, 4.69) is 34.5 Å². The Labute approximate surface area is 177 Å². The van der Waals surface area contributed by atoms with E-state index in [4.69, 9.17) is 0 Å². The van der Waals surface area contributed by atoms with Gasteiger partial charge in [0.1, 0.15) is 18.7 Å². The minimum Gasteiger partial charge on any atom is -0.325 e. The smallest absolute Gasteiger partial charge is 0.283 e. The lowest BCUT2D eigenvalue weighted by Gasteiger charge is -2.10. The Hall–Kier alpha value is -3.88. The molecule has 9 heteroatoms. The molecule has 1 amide bonds. The van der Waals surface area contributed by atoms with E-state index in [-0.39, 0.29) is 36.0 Å².